The molecule has 0 aromatic heterocycles. The lowest BCUT2D eigenvalue weighted by Crippen LogP contribution is -1.97. The van der Waals surface area contributed by atoms with Crippen LogP contribution in [0.25, 0.3) is 11.6 Å². The highest BCUT2D eigenvalue weighted by molar-refractivity contribution is 5.91. The molecule has 2 rings (SSSR count). The van der Waals surface area contributed by atoms with E-state index < -0.39 is 4.92 Å². The molecule has 0 aliphatic carbocycles. The fraction of sp³-hybridized carbons (Fsp3) is 0.111. The van der Waals surface area contributed by atoms with Gasteiger partial charge in [-0.25, -0.2) is 0 Å². The van der Waals surface area contributed by atoms with Gasteiger partial charge < -0.3 is 9.47 Å². The van der Waals surface area contributed by atoms with Crippen molar-refractivity contribution >= 4 is 17.3 Å². The topological polar surface area (TPSA) is 109 Å². The molecule has 0 unspecified atom stereocenters. The molecule has 7 heteroatoms. The van der Waals surface area contributed by atoms with Crippen molar-refractivity contribution in [3.8, 4) is 23.6 Å². The molecule has 0 amide bonds. The van der Waals surface area contributed by atoms with Gasteiger partial charge in [0.2, 0.25) is 5.75 Å². The zero-order valence-electron chi connectivity index (χ0n) is 13.5. The Balaban J connectivity index is 2.59. The molecule has 25 heavy (non-hydrogen) atoms. The molecule has 0 saturated carbocycles. The van der Waals surface area contributed by atoms with Crippen molar-refractivity contribution in [2.24, 2.45) is 0 Å². The van der Waals surface area contributed by atoms with Crippen LogP contribution in [0.3, 0.4) is 0 Å². The van der Waals surface area contributed by atoms with Gasteiger partial charge in [-0.1, -0.05) is 12.1 Å². The average molecular weight is 335 g/mol. The number of benzene rings is 2. The van der Waals surface area contributed by atoms with Gasteiger partial charge >= 0.3 is 5.69 Å². The first kappa shape index (κ1) is 17.5. The first-order valence-electron chi connectivity index (χ1n) is 7.06. The van der Waals surface area contributed by atoms with Crippen LogP contribution in [0.2, 0.25) is 0 Å². The number of rotatable bonds is 5. The van der Waals surface area contributed by atoms with E-state index in [1.165, 1.54) is 32.4 Å². The molecule has 0 fully saturated rings. The van der Waals surface area contributed by atoms with E-state index in [1.807, 2.05) is 6.07 Å². The molecule has 0 N–H and O–H groups in total. The second kappa shape index (κ2) is 7.62. The van der Waals surface area contributed by atoms with Crippen molar-refractivity contribution in [1.29, 1.82) is 10.5 Å². The van der Waals surface area contributed by atoms with Crippen molar-refractivity contribution in [2.75, 3.05) is 14.2 Å². The standard InChI is InChI=1S/C18H13N3O4/c1-24-17-9-18(25-2)16(21(22)23)8-14(17)7-15(11-20)13-5-3-12(10-19)4-6-13/h3-9H,1-2H3. The Kier molecular flexibility index (Phi) is 5.34. The smallest absolute Gasteiger partial charge is 0.311 e. The Bertz CT molecular complexity index is 919. The average Bonchev–Trinajstić information content (AvgIpc) is 2.65. The summed E-state index contributed by atoms with van der Waals surface area (Å²) in [5.74, 6) is 0.403. The lowest BCUT2D eigenvalue weighted by Gasteiger charge is -2.09. The number of allylic oxidation sites excluding steroid dienone is 1. The number of ether oxygens (including phenoxy) is 2. The van der Waals surface area contributed by atoms with Gasteiger partial charge in [0.25, 0.3) is 0 Å². The zero-order valence-corrected chi connectivity index (χ0v) is 13.5. The van der Waals surface area contributed by atoms with Crippen molar-refractivity contribution in [2.45, 2.75) is 0 Å². The fourth-order valence-electron chi connectivity index (χ4n) is 2.22. The van der Waals surface area contributed by atoms with Crippen LogP contribution in [0.4, 0.5) is 5.69 Å². The van der Waals surface area contributed by atoms with Crippen LogP contribution in [-0.2, 0) is 0 Å². The van der Waals surface area contributed by atoms with Gasteiger partial charge in [-0.3, -0.25) is 10.1 Å². The van der Waals surface area contributed by atoms with Gasteiger partial charge in [0.15, 0.2) is 0 Å². The summed E-state index contributed by atoms with van der Waals surface area (Å²) in [7, 11) is 2.75. The summed E-state index contributed by atoms with van der Waals surface area (Å²) < 4.78 is 10.2. The summed E-state index contributed by atoms with van der Waals surface area (Å²) in [5.41, 5.74) is 1.48. The zero-order chi connectivity index (χ0) is 18.4. The number of nitro benzene ring substituents is 1. The third-order valence-corrected chi connectivity index (χ3v) is 3.47. The summed E-state index contributed by atoms with van der Waals surface area (Å²) in [5, 5.41) is 29.5. The van der Waals surface area contributed by atoms with E-state index in [0.717, 1.165) is 0 Å². The van der Waals surface area contributed by atoms with Crippen molar-refractivity contribution in [1.82, 2.24) is 0 Å². The maximum absolute atomic E-state index is 11.2. The Morgan fingerprint density at radius 2 is 1.76 bits per heavy atom. The Morgan fingerprint density at radius 3 is 2.24 bits per heavy atom. The maximum Gasteiger partial charge on any atom is 0.311 e. The van der Waals surface area contributed by atoms with Crippen LogP contribution in [0.1, 0.15) is 16.7 Å². The van der Waals surface area contributed by atoms with Gasteiger partial charge in [-0.05, 0) is 23.8 Å². The highest BCUT2D eigenvalue weighted by atomic mass is 16.6. The van der Waals surface area contributed by atoms with E-state index in [1.54, 1.807) is 24.3 Å². The summed E-state index contributed by atoms with van der Waals surface area (Å²) in [6, 6.07) is 13.2. The Hall–Kier alpha value is -3.84. The lowest BCUT2D eigenvalue weighted by atomic mass is 10.0. The van der Waals surface area contributed by atoms with Crippen molar-refractivity contribution in [3.63, 3.8) is 0 Å². The van der Waals surface area contributed by atoms with E-state index in [4.69, 9.17) is 14.7 Å². The fourth-order valence-corrected chi connectivity index (χ4v) is 2.22. The highest BCUT2D eigenvalue weighted by Crippen LogP contribution is 2.36. The van der Waals surface area contributed by atoms with Crippen LogP contribution < -0.4 is 9.47 Å². The van der Waals surface area contributed by atoms with E-state index in [-0.39, 0.29) is 17.0 Å². The summed E-state index contributed by atoms with van der Waals surface area (Å²) >= 11 is 0. The van der Waals surface area contributed by atoms with Crippen LogP contribution in [0.5, 0.6) is 11.5 Å². The molecular formula is C18H13N3O4. The molecule has 0 bridgehead atoms. The molecule has 124 valence electrons. The van der Waals surface area contributed by atoms with E-state index in [9.17, 15) is 15.4 Å². The van der Waals surface area contributed by atoms with Crippen LogP contribution >= 0.6 is 0 Å². The van der Waals surface area contributed by atoms with E-state index in [0.29, 0.717) is 22.4 Å². The van der Waals surface area contributed by atoms with Crippen LogP contribution in [0.15, 0.2) is 36.4 Å². The first-order valence-corrected chi connectivity index (χ1v) is 7.06. The second-order valence-corrected chi connectivity index (χ2v) is 4.88. The first-order chi connectivity index (χ1) is 12.0. The van der Waals surface area contributed by atoms with Gasteiger partial charge in [-0.2, -0.15) is 10.5 Å². The third kappa shape index (κ3) is 3.74. The molecule has 0 aliphatic heterocycles. The highest BCUT2D eigenvalue weighted by Gasteiger charge is 2.19. The normalized spacial score (nSPS) is 10.5. The van der Waals surface area contributed by atoms with Gasteiger partial charge in [0.1, 0.15) is 5.75 Å². The van der Waals surface area contributed by atoms with Gasteiger partial charge in [0.05, 0.1) is 42.4 Å². The number of hydrogen-bond donors (Lipinski definition) is 0. The summed E-state index contributed by atoms with van der Waals surface area (Å²) in [6.07, 6.45) is 1.49. The van der Waals surface area contributed by atoms with E-state index >= 15 is 0 Å². The number of nitriles is 2. The summed E-state index contributed by atoms with van der Waals surface area (Å²) in [6.45, 7) is 0. The van der Waals surface area contributed by atoms with Crippen LogP contribution in [0, 0.1) is 32.8 Å². The van der Waals surface area contributed by atoms with Gasteiger partial charge in [-0.15, -0.1) is 0 Å². The molecule has 0 spiro atoms. The minimum Gasteiger partial charge on any atom is -0.496 e. The molecule has 7 nitrogen and oxygen atoms in total. The molecule has 2 aromatic carbocycles. The number of hydrogen-bond acceptors (Lipinski definition) is 6. The Labute approximate surface area is 144 Å². The predicted octanol–water partition coefficient (Wildman–Crippen LogP) is 3.55. The second-order valence-electron chi connectivity index (χ2n) is 4.88. The molecule has 0 saturated heterocycles. The van der Waals surface area contributed by atoms with Crippen LogP contribution in [-0.4, -0.2) is 19.1 Å². The number of methoxy groups -OCH3 is 2. The molecule has 2 aromatic rings. The predicted molar refractivity (Wildman–Crippen MR) is 90.8 cm³/mol. The third-order valence-electron chi connectivity index (χ3n) is 3.47. The number of nitro groups is 1. The molecule has 0 aliphatic rings. The minimum absolute atomic E-state index is 0.0656. The summed E-state index contributed by atoms with van der Waals surface area (Å²) in [4.78, 5) is 10.6. The van der Waals surface area contributed by atoms with Crippen molar-refractivity contribution in [3.05, 3.63) is 63.2 Å². The monoisotopic (exact) mass is 335 g/mol. The largest absolute Gasteiger partial charge is 0.496 e. The SMILES string of the molecule is COc1cc(OC)c([N+](=O)[O-])cc1C=C(C#N)c1ccc(C#N)cc1. The molecule has 0 radical (unpaired) electrons. The number of nitrogens with zero attached hydrogens (tertiary/aromatic N) is 3. The van der Waals surface area contributed by atoms with Gasteiger partial charge in [0, 0.05) is 17.7 Å². The maximum atomic E-state index is 11.2. The lowest BCUT2D eigenvalue weighted by molar-refractivity contribution is -0.385. The molecular weight excluding hydrogens is 322 g/mol. The van der Waals surface area contributed by atoms with E-state index in [2.05, 4.69) is 6.07 Å². The quantitative estimate of drug-likeness (QED) is 0.358. The Morgan fingerprint density at radius 1 is 1.12 bits per heavy atom. The molecule has 0 heterocycles. The van der Waals surface area contributed by atoms with Crippen molar-refractivity contribution < 1.29 is 14.4 Å². The molecule has 0 atom stereocenters. The minimum atomic E-state index is -0.566.